The number of thioether (sulfide) groups is 1. The summed E-state index contributed by atoms with van der Waals surface area (Å²) in [6.07, 6.45) is 3.81. The van der Waals surface area contributed by atoms with Crippen molar-refractivity contribution in [2.24, 2.45) is 0 Å². The lowest BCUT2D eigenvalue weighted by molar-refractivity contribution is 0.436. The molecule has 18 heavy (non-hydrogen) atoms. The number of hydrogen-bond donors (Lipinski definition) is 1. The molecule has 2 unspecified atom stereocenters. The summed E-state index contributed by atoms with van der Waals surface area (Å²) in [5.41, 5.74) is -0.315. The second kappa shape index (κ2) is 6.00. The van der Waals surface area contributed by atoms with Gasteiger partial charge in [-0.2, -0.15) is 9.64 Å². The number of nitriles is 1. The van der Waals surface area contributed by atoms with Crippen LogP contribution in [0.25, 0.3) is 0 Å². The first-order valence-corrected chi connectivity index (χ1v) is 8.02. The topological polar surface area (TPSA) is 61.6 Å². The van der Waals surface area contributed by atoms with Gasteiger partial charge < -0.3 is 0 Å². The van der Waals surface area contributed by atoms with Gasteiger partial charge in [0, 0.05) is 11.7 Å². The molecule has 1 aliphatic rings. The van der Waals surface area contributed by atoms with E-state index in [4.69, 9.17) is 0 Å². The maximum atomic E-state index is 9.33. The molecule has 98 valence electrons. The van der Waals surface area contributed by atoms with E-state index in [1.807, 2.05) is 0 Å². The van der Waals surface area contributed by atoms with Crippen molar-refractivity contribution < 1.29 is 0 Å². The molecule has 1 saturated carbocycles. The summed E-state index contributed by atoms with van der Waals surface area (Å²) in [7, 11) is 0. The Bertz CT molecular complexity index is 440. The van der Waals surface area contributed by atoms with Crippen LogP contribution in [0, 0.1) is 11.3 Å². The molecule has 1 N–H and O–H groups in total. The van der Waals surface area contributed by atoms with Crippen LogP contribution < -0.4 is 5.32 Å². The van der Waals surface area contributed by atoms with Gasteiger partial charge >= 0.3 is 0 Å². The van der Waals surface area contributed by atoms with Crippen molar-refractivity contribution in [2.45, 2.75) is 54.7 Å². The lowest BCUT2D eigenvalue weighted by Crippen LogP contribution is -2.41. The molecule has 0 radical (unpaired) electrons. The van der Waals surface area contributed by atoms with E-state index in [2.05, 4.69) is 34.6 Å². The second-order valence-corrected chi connectivity index (χ2v) is 6.84. The first-order valence-electron chi connectivity index (χ1n) is 6.37. The number of nitrogens with zero attached hydrogens (tertiary/aromatic N) is 3. The number of aryl methyl sites for hydroxylation is 1. The van der Waals surface area contributed by atoms with Gasteiger partial charge in [-0.1, -0.05) is 25.6 Å². The van der Waals surface area contributed by atoms with Crippen molar-refractivity contribution in [1.82, 2.24) is 14.7 Å². The molecule has 0 aliphatic heterocycles. The van der Waals surface area contributed by atoms with Crippen molar-refractivity contribution in [2.75, 3.05) is 6.54 Å². The smallest absolute Gasteiger partial charge is 0.170 e. The molecule has 6 heteroatoms. The minimum absolute atomic E-state index is 0.315. The monoisotopic (exact) mass is 282 g/mol. The largest absolute Gasteiger partial charge is 0.300 e. The van der Waals surface area contributed by atoms with Crippen LogP contribution in [0.3, 0.4) is 0 Å². The lowest BCUT2D eigenvalue weighted by atomic mass is 10.0. The van der Waals surface area contributed by atoms with Gasteiger partial charge in [0.2, 0.25) is 0 Å². The van der Waals surface area contributed by atoms with E-state index in [0.717, 1.165) is 42.4 Å². The van der Waals surface area contributed by atoms with Gasteiger partial charge in [-0.25, -0.2) is 4.98 Å². The van der Waals surface area contributed by atoms with E-state index in [0.29, 0.717) is 5.25 Å². The van der Waals surface area contributed by atoms with E-state index in [1.165, 1.54) is 11.5 Å². The summed E-state index contributed by atoms with van der Waals surface area (Å²) >= 11 is 3.27. The van der Waals surface area contributed by atoms with Crippen LogP contribution in [0.1, 0.15) is 38.9 Å². The molecule has 1 heterocycles. The molecule has 0 bridgehead atoms. The fraction of sp³-hybridized carbons (Fsp3) is 0.750. The van der Waals surface area contributed by atoms with Crippen molar-refractivity contribution >= 4 is 23.3 Å². The Balaban J connectivity index is 1.95. The normalized spacial score (nSPS) is 27.3. The van der Waals surface area contributed by atoms with Crippen LogP contribution in [0.5, 0.6) is 0 Å². The minimum atomic E-state index is -0.315. The minimum Gasteiger partial charge on any atom is -0.300 e. The number of hydrogen-bond acceptors (Lipinski definition) is 6. The Morgan fingerprint density at radius 1 is 1.61 bits per heavy atom. The van der Waals surface area contributed by atoms with Gasteiger partial charge in [-0.3, -0.25) is 5.32 Å². The summed E-state index contributed by atoms with van der Waals surface area (Å²) in [6, 6.07) is 2.45. The summed E-state index contributed by atoms with van der Waals surface area (Å²) < 4.78 is 5.34. The Morgan fingerprint density at radius 3 is 3.06 bits per heavy atom. The highest BCUT2D eigenvalue weighted by Gasteiger charge is 2.39. The van der Waals surface area contributed by atoms with Crippen LogP contribution in [0.4, 0.5) is 0 Å². The third-order valence-corrected chi connectivity index (χ3v) is 5.32. The average molecular weight is 282 g/mol. The van der Waals surface area contributed by atoms with E-state index in [1.54, 1.807) is 11.8 Å². The standard InChI is InChI=1S/C12H18N4S2/c1-3-10-15-11(18-16-10)17-9-5-6-12(7-9,8-13)14-4-2/h9,14H,3-7H2,1-2H3. The lowest BCUT2D eigenvalue weighted by Gasteiger charge is -2.21. The number of nitrogens with one attached hydrogen (secondary N) is 1. The molecular formula is C12H18N4S2. The Hall–Kier alpha value is -0.640. The van der Waals surface area contributed by atoms with Gasteiger partial charge in [0.05, 0.1) is 6.07 Å². The maximum Gasteiger partial charge on any atom is 0.170 e. The molecule has 1 aliphatic carbocycles. The zero-order chi connectivity index (χ0) is 13.0. The molecule has 0 amide bonds. The Morgan fingerprint density at radius 2 is 2.44 bits per heavy atom. The third-order valence-electron chi connectivity index (χ3n) is 3.23. The zero-order valence-corrected chi connectivity index (χ0v) is 12.4. The molecule has 2 atom stereocenters. The van der Waals surface area contributed by atoms with Crippen molar-refractivity contribution in [1.29, 1.82) is 5.26 Å². The average Bonchev–Trinajstić information content (AvgIpc) is 2.98. The zero-order valence-electron chi connectivity index (χ0n) is 10.8. The van der Waals surface area contributed by atoms with Gasteiger partial charge in [0.25, 0.3) is 0 Å². The molecule has 1 fully saturated rings. The Labute approximate surface area is 116 Å². The predicted octanol–water partition coefficient (Wildman–Crippen LogP) is 2.62. The van der Waals surface area contributed by atoms with E-state index in [-0.39, 0.29) is 5.54 Å². The van der Waals surface area contributed by atoms with Crippen molar-refractivity contribution in [3.63, 3.8) is 0 Å². The van der Waals surface area contributed by atoms with Gasteiger partial charge in [0.15, 0.2) is 4.34 Å². The van der Waals surface area contributed by atoms with Crippen LogP contribution in [0.15, 0.2) is 4.34 Å². The highest BCUT2D eigenvalue weighted by atomic mass is 32.2. The van der Waals surface area contributed by atoms with E-state index >= 15 is 0 Å². The summed E-state index contributed by atoms with van der Waals surface area (Å²) in [5, 5.41) is 13.1. The second-order valence-electron chi connectivity index (χ2n) is 4.54. The summed E-state index contributed by atoms with van der Waals surface area (Å²) in [5.74, 6) is 0.929. The molecule has 0 aromatic carbocycles. The van der Waals surface area contributed by atoms with Crippen LogP contribution in [-0.4, -0.2) is 26.7 Å². The third kappa shape index (κ3) is 3.02. The van der Waals surface area contributed by atoms with E-state index in [9.17, 15) is 5.26 Å². The first kappa shape index (κ1) is 13.8. The van der Waals surface area contributed by atoms with E-state index < -0.39 is 0 Å². The predicted molar refractivity (Wildman–Crippen MR) is 74.8 cm³/mol. The van der Waals surface area contributed by atoms with Crippen LogP contribution >= 0.6 is 23.3 Å². The van der Waals surface area contributed by atoms with Gasteiger partial charge in [-0.15, -0.1) is 0 Å². The van der Waals surface area contributed by atoms with Crippen molar-refractivity contribution in [3.8, 4) is 6.07 Å². The molecule has 2 rings (SSSR count). The molecule has 1 aromatic rings. The molecule has 0 saturated heterocycles. The first-order chi connectivity index (χ1) is 8.71. The molecule has 0 spiro atoms. The SMILES string of the molecule is CCNC1(C#N)CCC(Sc2nc(CC)ns2)C1. The van der Waals surface area contributed by atoms with Crippen LogP contribution in [-0.2, 0) is 6.42 Å². The van der Waals surface area contributed by atoms with Crippen LogP contribution in [0.2, 0.25) is 0 Å². The maximum absolute atomic E-state index is 9.33. The molecule has 1 aromatic heterocycles. The van der Waals surface area contributed by atoms with Gasteiger partial charge in [-0.05, 0) is 37.3 Å². The fourth-order valence-electron chi connectivity index (χ4n) is 2.31. The van der Waals surface area contributed by atoms with Gasteiger partial charge in [0.1, 0.15) is 11.4 Å². The summed E-state index contributed by atoms with van der Waals surface area (Å²) in [6.45, 7) is 4.97. The quantitative estimate of drug-likeness (QED) is 0.899. The Kier molecular flexibility index (Phi) is 4.60. The fourth-order valence-corrected chi connectivity index (χ4v) is 4.55. The molecular weight excluding hydrogens is 264 g/mol. The number of rotatable bonds is 5. The number of aromatic nitrogens is 2. The van der Waals surface area contributed by atoms with Crippen molar-refractivity contribution in [3.05, 3.63) is 5.82 Å². The highest BCUT2D eigenvalue weighted by molar-refractivity contribution is 8.01. The highest BCUT2D eigenvalue weighted by Crippen LogP contribution is 2.40. The molecule has 4 nitrogen and oxygen atoms in total. The summed E-state index contributed by atoms with van der Waals surface area (Å²) in [4.78, 5) is 4.48.